The van der Waals surface area contributed by atoms with Crippen LogP contribution in [0.5, 0.6) is 0 Å². The van der Waals surface area contributed by atoms with E-state index in [1.54, 1.807) is 6.08 Å². The fourth-order valence-electron chi connectivity index (χ4n) is 8.40. The Bertz CT molecular complexity index is 867. The van der Waals surface area contributed by atoms with Crippen molar-refractivity contribution in [2.24, 2.45) is 46.3 Å². The van der Waals surface area contributed by atoms with Gasteiger partial charge in [0.15, 0.2) is 17.7 Å². The number of rotatable bonds is 4. The summed E-state index contributed by atoms with van der Waals surface area (Å²) in [4.78, 5) is 25.5. The Labute approximate surface area is 188 Å². The van der Waals surface area contributed by atoms with Crippen molar-refractivity contribution in [2.45, 2.75) is 91.8 Å². The third kappa shape index (κ3) is 2.81. The largest absolute Gasteiger partial charge is 0.357 e. The Morgan fingerprint density at radius 3 is 2.45 bits per heavy atom. The first-order valence-electron chi connectivity index (χ1n) is 12.7. The first-order chi connectivity index (χ1) is 14.6. The smallest absolute Gasteiger partial charge is 0.191 e. The standard InChI is InChI=1S/C28H40O3/c1-16(2)17(3)7-8-18(4)20-9-10-22-26(20,5)14-12-23-27(6)13-11-19(29)15-21(27)24(30)25-28(22,23)31-25/h7-8,15-18,20,22-23,25H,9-14H2,1-6H3. The average Bonchev–Trinajstić information content (AvgIpc) is 3.33. The number of hydrogen-bond acceptors (Lipinski definition) is 3. The second kappa shape index (κ2) is 6.89. The minimum absolute atomic E-state index is 0.117. The van der Waals surface area contributed by atoms with Crippen LogP contribution in [-0.2, 0) is 14.3 Å². The zero-order valence-electron chi connectivity index (χ0n) is 20.2. The Balaban J connectivity index is 1.45. The molecule has 3 nitrogen and oxygen atoms in total. The van der Waals surface area contributed by atoms with Crippen LogP contribution in [0.3, 0.4) is 0 Å². The van der Waals surface area contributed by atoms with Crippen molar-refractivity contribution in [3.8, 4) is 0 Å². The lowest BCUT2D eigenvalue weighted by Crippen LogP contribution is -2.59. The summed E-state index contributed by atoms with van der Waals surface area (Å²) < 4.78 is 6.49. The fourth-order valence-corrected chi connectivity index (χ4v) is 8.40. The van der Waals surface area contributed by atoms with Crippen molar-refractivity contribution in [1.82, 2.24) is 0 Å². The summed E-state index contributed by atoms with van der Waals surface area (Å²) in [7, 11) is 0. The zero-order valence-corrected chi connectivity index (χ0v) is 20.2. The number of ketones is 2. The molecule has 1 heterocycles. The molecule has 3 saturated carbocycles. The molecule has 1 spiro atoms. The zero-order chi connectivity index (χ0) is 22.3. The molecule has 9 unspecified atom stereocenters. The van der Waals surface area contributed by atoms with Crippen LogP contribution in [0.4, 0.5) is 0 Å². The highest BCUT2D eigenvalue weighted by Crippen LogP contribution is 2.74. The number of epoxide rings is 1. The third-order valence-electron chi connectivity index (χ3n) is 10.6. The molecule has 0 bridgehead atoms. The lowest BCUT2D eigenvalue weighted by atomic mass is 9.46. The highest BCUT2D eigenvalue weighted by atomic mass is 16.6. The lowest BCUT2D eigenvalue weighted by Gasteiger charge is -2.56. The van der Waals surface area contributed by atoms with E-state index in [1.165, 1.54) is 19.3 Å². The van der Waals surface area contributed by atoms with Crippen LogP contribution in [0.2, 0.25) is 0 Å². The van der Waals surface area contributed by atoms with Crippen LogP contribution in [0, 0.1) is 46.3 Å². The molecule has 3 heteroatoms. The molecule has 1 saturated heterocycles. The molecule has 4 fully saturated rings. The summed E-state index contributed by atoms with van der Waals surface area (Å²) >= 11 is 0. The van der Waals surface area contributed by atoms with E-state index in [0.717, 1.165) is 18.4 Å². The van der Waals surface area contributed by atoms with Gasteiger partial charge in [-0.25, -0.2) is 0 Å². The van der Waals surface area contributed by atoms with E-state index in [9.17, 15) is 9.59 Å². The maximum Gasteiger partial charge on any atom is 0.191 e. The molecular formula is C28H40O3. The molecule has 0 amide bonds. The number of ether oxygens (including phenoxy) is 1. The predicted molar refractivity (Wildman–Crippen MR) is 122 cm³/mol. The predicted octanol–water partition coefficient (Wildman–Crippen LogP) is 5.93. The van der Waals surface area contributed by atoms with E-state index >= 15 is 0 Å². The number of allylic oxidation sites excluding steroid dienone is 2. The topological polar surface area (TPSA) is 46.7 Å². The third-order valence-corrected chi connectivity index (χ3v) is 10.6. The van der Waals surface area contributed by atoms with Crippen LogP contribution >= 0.6 is 0 Å². The highest BCUT2D eigenvalue weighted by molar-refractivity contribution is 6.09. The van der Waals surface area contributed by atoms with Gasteiger partial charge in [-0.1, -0.05) is 53.7 Å². The van der Waals surface area contributed by atoms with E-state index < -0.39 is 0 Å². The van der Waals surface area contributed by atoms with Crippen LogP contribution in [0.1, 0.15) is 80.1 Å². The van der Waals surface area contributed by atoms with E-state index in [0.29, 0.717) is 41.9 Å². The first-order valence-corrected chi connectivity index (χ1v) is 12.7. The number of carbonyl (C=O) groups is 2. The number of Topliss-reactive ketones (excluding diaryl/α,β-unsaturated/α-hetero) is 1. The number of fused-ring (bicyclic) bond motifs is 3. The van der Waals surface area contributed by atoms with Gasteiger partial charge in [0.25, 0.3) is 0 Å². The molecule has 170 valence electrons. The highest BCUT2D eigenvalue weighted by Gasteiger charge is 2.80. The molecule has 31 heavy (non-hydrogen) atoms. The molecule has 0 radical (unpaired) electrons. The van der Waals surface area contributed by atoms with Gasteiger partial charge in [-0.15, -0.1) is 0 Å². The lowest BCUT2D eigenvalue weighted by molar-refractivity contribution is -0.125. The molecule has 1 aliphatic heterocycles. The van der Waals surface area contributed by atoms with Gasteiger partial charge >= 0.3 is 0 Å². The Morgan fingerprint density at radius 1 is 1.00 bits per heavy atom. The molecule has 0 aromatic carbocycles. The Kier molecular flexibility index (Phi) is 4.80. The van der Waals surface area contributed by atoms with Crippen molar-refractivity contribution in [1.29, 1.82) is 0 Å². The van der Waals surface area contributed by atoms with Gasteiger partial charge in [0, 0.05) is 23.3 Å². The summed E-state index contributed by atoms with van der Waals surface area (Å²) in [5, 5.41) is 0. The Hall–Kier alpha value is -1.22. The summed E-state index contributed by atoms with van der Waals surface area (Å²) in [5.41, 5.74) is 0.567. The van der Waals surface area contributed by atoms with Crippen molar-refractivity contribution < 1.29 is 14.3 Å². The van der Waals surface area contributed by atoms with Crippen molar-refractivity contribution in [2.75, 3.05) is 0 Å². The van der Waals surface area contributed by atoms with Crippen LogP contribution in [0.25, 0.3) is 0 Å². The van der Waals surface area contributed by atoms with Crippen LogP contribution < -0.4 is 0 Å². The normalized spacial score (nSPS) is 48.0. The van der Waals surface area contributed by atoms with Gasteiger partial charge < -0.3 is 4.74 Å². The van der Waals surface area contributed by atoms with E-state index in [-0.39, 0.29) is 34.1 Å². The van der Waals surface area contributed by atoms with Gasteiger partial charge in [0.1, 0.15) is 5.60 Å². The molecule has 5 rings (SSSR count). The molecular weight excluding hydrogens is 384 g/mol. The maximum atomic E-state index is 13.4. The quantitative estimate of drug-likeness (QED) is 0.415. The first kappa shape index (κ1) is 21.6. The summed E-state index contributed by atoms with van der Waals surface area (Å²) in [6.07, 6.45) is 12.4. The van der Waals surface area contributed by atoms with E-state index in [2.05, 4.69) is 53.7 Å². The summed E-state index contributed by atoms with van der Waals surface area (Å²) in [6, 6.07) is 0. The van der Waals surface area contributed by atoms with Crippen LogP contribution in [-0.4, -0.2) is 23.3 Å². The molecule has 9 atom stereocenters. The van der Waals surface area contributed by atoms with Gasteiger partial charge in [0.05, 0.1) is 0 Å². The van der Waals surface area contributed by atoms with Gasteiger partial charge in [0.2, 0.25) is 0 Å². The minimum Gasteiger partial charge on any atom is -0.357 e. The number of hydrogen-bond donors (Lipinski definition) is 0. The van der Waals surface area contributed by atoms with Crippen molar-refractivity contribution in [3.63, 3.8) is 0 Å². The molecule has 0 N–H and O–H groups in total. The second-order valence-electron chi connectivity index (χ2n) is 12.3. The number of carbonyl (C=O) groups excluding carboxylic acids is 2. The minimum atomic E-state index is -0.294. The SMILES string of the molecule is CC(C)C(C)C=CC(C)C1CCC2C1(C)CCC1C3(C)CCC(=O)C=C3C(=O)C3OC312. The average molecular weight is 425 g/mol. The maximum absolute atomic E-state index is 13.4. The van der Waals surface area contributed by atoms with E-state index in [1.807, 2.05) is 0 Å². The summed E-state index contributed by atoms with van der Waals surface area (Å²) in [6.45, 7) is 14.0. The van der Waals surface area contributed by atoms with Crippen LogP contribution in [0.15, 0.2) is 23.8 Å². The summed E-state index contributed by atoms with van der Waals surface area (Å²) in [5.74, 6) is 3.57. The second-order valence-corrected chi connectivity index (χ2v) is 12.3. The van der Waals surface area contributed by atoms with Gasteiger partial charge in [-0.3, -0.25) is 9.59 Å². The molecule has 4 aliphatic carbocycles. The molecule has 0 aromatic heterocycles. The molecule has 0 aromatic rings. The molecule has 5 aliphatic rings. The van der Waals surface area contributed by atoms with Gasteiger partial charge in [-0.2, -0.15) is 0 Å². The fraction of sp³-hybridized carbons (Fsp3) is 0.786. The van der Waals surface area contributed by atoms with E-state index in [4.69, 9.17) is 4.74 Å². The van der Waals surface area contributed by atoms with Crippen molar-refractivity contribution >= 4 is 11.6 Å². The van der Waals surface area contributed by atoms with Gasteiger partial charge in [-0.05, 0) is 73.2 Å². The Morgan fingerprint density at radius 2 is 1.74 bits per heavy atom. The monoisotopic (exact) mass is 424 g/mol. The van der Waals surface area contributed by atoms with Crippen molar-refractivity contribution in [3.05, 3.63) is 23.8 Å².